The van der Waals surface area contributed by atoms with Gasteiger partial charge in [-0.2, -0.15) is 5.10 Å². The van der Waals surface area contributed by atoms with E-state index in [1.807, 2.05) is 23.7 Å². The lowest BCUT2D eigenvalue weighted by Crippen LogP contribution is -2.14. The Morgan fingerprint density at radius 3 is 2.49 bits per heavy atom. The van der Waals surface area contributed by atoms with Crippen LogP contribution in [0, 0.1) is 16.0 Å². The fourth-order valence-corrected chi connectivity index (χ4v) is 4.69. The van der Waals surface area contributed by atoms with Crippen LogP contribution in [0.4, 0.5) is 11.4 Å². The summed E-state index contributed by atoms with van der Waals surface area (Å²) in [6.07, 6.45) is 9.22. The minimum Gasteiger partial charge on any atom is -0.493 e. The van der Waals surface area contributed by atoms with Gasteiger partial charge in [0.25, 0.3) is 5.69 Å². The summed E-state index contributed by atoms with van der Waals surface area (Å²) in [4.78, 5) is 16.2. The molecule has 0 spiro atoms. The van der Waals surface area contributed by atoms with Crippen LogP contribution in [0.2, 0.25) is 0 Å². The van der Waals surface area contributed by atoms with Crippen LogP contribution < -0.4 is 19.0 Å². The van der Waals surface area contributed by atoms with Gasteiger partial charge in [0.05, 0.1) is 31.9 Å². The van der Waals surface area contributed by atoms with Crippen LogP contribution >= 0.6 is 11.3 Å². The molecule has 4 rings (SSSR count). The van der Waals surface area contributed by atoms with E-state index >= 15 is 0 Å². The number of ether oxygens (including phenoxy) is 3. The Balaban J connectivity index is 1.89. The van der Waals surface area contributed by atoms with Crippen LogP contribution in [0.15, 0.2) is 64.0 Å². The van der Waals surface area contributed by atoms with Crippen molar-refractivity contribution in [2.75, 3.05) is 21.3 Å². The monoisotopic (exact) mass is 494 g/mol. The van der Waals surface area contributed by atoms with Gasteiger partial charge in [0.1, 0.15) is 5.69 Å². The molecule has 1 aromatic heterocycles. The van der Waals surface area contributed by atoms with E-state index in [-0.39, 0.29) is 11.4 Å². The highest BCUT2D eigenvalue weighted by Gasteiger charge is 2.18. The number of aromatic nitrogens is 1. The minimum absolute atomic E-state index is 0.0665. The van der Waals surface area contributed by atoms with Crippen molar-refractivity contribution in [2.24, 2.45) is 16.0 Å². The van der Waals surface area contributed by atoms with Crippen molar-refractivity contribution in [1.29, 1.82) is 0 Å². The molecule has 1 unspecified atom stereocenters. The Morgan fingerprint density at radius 1 is 1.11 bits per heavy atom. The predicted octanol–water partition coefficient (Wildman–Crippen LogP) is 5.57. The van der Waals surface area contributed by atoms with Gasteiger partial charge in [0.15, 0.2) is 11.5 Å². The molecule has 2 aromatic carbocycles. The van der Waals surface area contributed by atoms with Crippen LogP contribution in [0.1, 0.15) is 19.3 Å². The van der Waals surface area contributed by atoms with Gasteiger partial charge in [-0.05, 0) is 43.4 Å². The first kappa shape index (κ1) is 24.2. The maximum atomic E-state index is 11.5. The van der Waals surface area contributed by atoms with Crippen LogP contribution in [0.25, 0.3) is 11.3 Å². The van der Waals surface area contributed by atoms with E-state index < -0.39 is 4.92 Å². The number of hydrogen-bond acceptors (Lipinski definition) is 8. The summed E-state index contributed by atoms with van der Waals surface area (Å²) < 4.78 is 18.2. The zero-order valence-electron chi connectivity index (χ0n) is 19.7. The van der Waals surface area contributed by atoms with Gasteiger partial charge < -0.3 is 14.2 Å². The minimum atomic E-state index is -0.436. The molecule has 1 heterocycles. The van der Waals surface area contributed by atoms with Crippen LogP contribution in [0.5, 0.6) is 17.2 Å². The molecule has 9 nitrogen and oxygen atoms in total. The largest absolute Gasteiger partial charge is 0.493 e. The molecule has 10 heteroatoms. The molecule has 1 aliphatic carbocycles. The van der Waals surface area contributed by atoms with Gasteiger partial charge in [-0.3, -0.25) is 10.1 Å². The molecular formula is C25H26N4O5S. The number of thiazole rings is 1. The molecule has 0 amide bonds. The Hall–Kier alpha value is -3.92. The summed E-state index contributed by atoms with van der Waals surface area (Å²) in [5, 5.41) is 18.2. The molecule has 0 N–H and O–H groups in total. The van der Waals surface area contributed by atoms with Crippen LogP contribution in [-0.2, 0) is 0 Å². The molecule has 0 saturated carbocycles. The first-order valence-corrected chi connectivity index (χ1v) is 11.9. The Labute approximate surface area is 206 Å². The van der Waals surface area contributed by atoms with Crippen LogP contribution in [0.3, 0.4) is 0 Å². The average Bonchev–Trinajstić information content (AvgIpc) is 3.29. The zero-order chi connectivity index (χ0) is 24.8. The number of allylic oxidation sites excluding steroid dienone is 2. The standard InChI is InChI=1S/C25H26N4O5S/c1-32-22-13-18(14-23(33-2)24(22)34-3)21-16-35-25(27-19-11-7-8-12-20(19)29(30)31)28(21)26-15-17-9-5-4-6-10-17/h4-5,7-8,11-17H,6,9-10H2,1-3H3. The zero-order valence-corrected chi connectivity index (χ0v) is 20.5. The van der Waals surface area contributed by atoms with Gasteiger partial charge in [0, 0.05) is 23.2 Å². The summed E-state index contributed by atoms with van der Waals surface area (Å²) in [7, 11) is 4.68. The molecule has 0 saturated heterocycles. The molecule has 182 valence electrons. The van der Waals surface area contributed by atoms with Gasteiger partial charge in [0.2, 0.25) is 10.6 Å². The molecule has 0 radical (unpaired) electrons. The molecule has 1 atom stereocenters. The number of benzene rings is 2. The fourth-order valence-electron chi connectivity index (χ4n) is 3.85. The number of hydrogen-bond donors (Lipinski definition) is 0. The Kier molecular flexibility index (Phi) is 7.61. The second-order valence-corrected chi connectivity index (χ2v) is 8.63. The van der Waals surface area contributed by atoms with Crippen molar-refractivity contribution >= 4 is 28.9 Å². The van der Waals surface area contributed by atoms with E-state index in [0.29, 0.717) is 28.0 Å². The van der Waals surface area contributed by atoms with Gasteiger partial charge in [-0.25, -0.2) is 9.67 Å². The number of methoxy groups -OCH3 is 3. The summed E-state index contributed by atoms with van der Waals surface area (Å²) in [6.45, 7) is 0. The highest BCUT2D eigenvalue weighted by molar-refractivity contribution is 7.07. The second-order valence-electron chi connectivity index (χ2n) is 7.80. The van der Waals surface area contributed by atoms with E-state index in [2.05, 4.69) is 17.1 Å². The first-order valence-electron chi connectivity index (χ1n) is 11.0. The van der Waals surface area contributed by atoms with Gasteiger partial charge in [-0.1, -0.05) is 24.3 Å². The van der Waals surface area contributed by atoms with E-state index in [1.165, 1.54) is 17.4 Å². The van der Waals surface area contributed by atoms with Crippen molar-refractivity contribution in [3.05, 3.63) is 68.8 Å². The van der Waals surface area contributed by atoms with E-state index in [4.69, 9.17) is 19.3 Å². The van der Waals surface area contributed by atoms with Crippen molar-refractivity contribution < 1.29 is 19.1 Å². The highest BCUT2D eigenvalue weighted by atomic mass is 32.1. The molecule has 0 aliphatic heterocycles. The first-order chi connectivity index (χ1) is 17.0. The summed E-state index contributed by atoms with van der Waals surface area (Å²) in [5.74, 6) is 1.82. The highest BCUT2D eigenvalue weighted by Crippen LogP contribution is 2.41. The summed E-state index contributed by atoms with van der Waals surface area (Å²) >= 11 is 1.34. The van der Waals surface area contributed by atoms with E-state index in [9.17, 15) is 10.1 Å². The lowest BCUT2D eigenvalue weighted by Gasteiger charge is -2.15. The summed E-state index contributed by atoms with van der Waals surface area (Å²) in [5.41, 5.74) is 1.72. The number of nitro benzene ring substituents is 1. The SMILES string of the molecule is COc1cc(-c2csc(=Nc3ccccc3[N+](=O)[O-])n2N=CC2CC=CCC2)cc(OC)c1OC. The molecule has 1 aliphatic rings. The Morgan fingerprint density at radius 2 is 1.86 bits per heavy atom. The third-order valence-electron chi connectivity index (χ3n) is 5.64. The van der Waals surface area contributed by atoms with Crippen molar-refractivity contribution in [3.8, 4) is 28.5 Å². The third kappa shape index (κ3) is 5.27. The molecular weight excluding hydrogens is 468 g/mol. The molecule has 3 aromatic rings. The normalized spacial score (nSPS) is 16.0. The van der Waals surface area contributed by atoms with Crippen LogP contribution in [-0.4, -0.2) is 37.1 Å². The lowest BCUT2D eigenvalue weighted by atomic mass is 9.96. The third-order valence-corrected chi connectivity index (χ3v) is 6.46. The average molecular weight is 495 g/mol. The van der Waals surface area contributed by atoms with E-state index in [1.54, 1.807) is 44.2 Å². The smallest absolute Gasteiger partial charge is 0.294 e. The number of para-hydroxylation sites is 2. The quantitative estimate of drug-likeness (QED) is 0.176. The molecule has 0 fully saturated rings. The van der Waals surface area contributed by atoms with Crippen molar-refractivity contribution in [3.63, 3.8) is 0 Å². The number of nitrogens with zero attached hydrogens (tertiary/aromatic N) is 4. The molecule has 0 bridgehead atoms. The lowest BCUT2D eigenvalue weighted by molar-refractivity contribution is -0.384. The fraction of sp³-hybridized carbons (Fsp3) is 0.280. The van der Waals surface area contributed by atoms with Crippen molar-refractivity contribution in [2.45, 2.75) is 19.3 Å². The summed E-state index contributed by atoms with van der Waals surface area (Å²) in [6, 6.07) is 10.1. The Bertz CT molecular complexity index is 1320. The number of rotatable bonds is 8. The topological polar surface area (TPSA) is 100 Å². The number of nitro groups is 1. The maximum Gasteiger partial charge on any atom is 0.294 e. The predicted molar refractivity (Wildman–Crippen MR) is 136 cm³/mol. The van der Waals surface area contributed by atoms with E-state index in [0.717, 1.165) is 30.5 Å². The second kappa shape index (κ2) is 11.0. The van der Waals surface area contributed by atoms with Crippen molar-refractivity contribution in [1.82, 2.24) is 4.68 Å². The van der Waals surface area contributed by atoms with Gasteiger partial charge >= 0.3 is 0 Å². The molecule has 35 heavy (non-hydrogen) atoms. The maximum absolute atomic E-state index is 11.5. The van der Waals surface area contributed by atoms with Gasteiger partial charge in [-0.15, -0.1) is 11.3 Å².